The minimum absolute atomic E-state index is 0.107. The van der Waals surface area contributed by atoms with Crippen LogP contribution in [0.2, 0.25) is 0 Å². The Morgan fingerprint density at radius 1 is 0.871 bits per heavy atom. The van der Waals surface area contributed by atoms with Crippen LogP contribution >= 0.6 is 0 Å². The summed E-state index contributed by atoms with van der Waals surface area (Å²) in [5.41, 5.74) is 1.09. The van der Waals surface area contributed by atoms with E-state index in [-0.39, 0.29) is 26.2 Å². The van der Waals surface area contributed by atoms with Gasteiger partial charge in [0.1, 0.15) is 31.5 Å². The van der Waals surface area contributed by atoms with Crippen LogP contribution in [0, 0.1) is 0 Å². The second-order valence-electron chi connectivity index (χ2n) is 7.98. The molecule has 1 atom stereocenters. The molecule has 0 radical (unpaired) electrons. The van der Waals surface area contributed by atoms with Crippen molar-refractivity contribution in [2.75, 3.05) is 13.2 Å². The number of benzene rings is 2. The Labute approximate surface area is 182 Å². The van der Waals surface area contributed by atoms with Crippen LogP contribution in [-0.2, 0) is 41.6 Å². The fourth-order valence-corrected chi connectivity index (χ4v) is 2.71. The summed E-state index contributed by atoms with van der Waals surface area (Å²) in [5.74, 6) is -1.64. The zero-order valence-electron chi connectivity index (χ0n) is 18.1. The molecule has 7 nitrogen and oxygen atoms in total. The van der Waals surface area contributed by atoms with E-state index >= 15 is 0 Å². The molecule has 2 aromatic rings. The molecule has 0 fully saturated rings. The summed E-state index contributed by atoms with van der Waals surface area (Å²) in [6.07, 6.45) is 0.270. The zero-order chi connectivity index (χ0) is 22.7. The third-order valence-corrected chi connectivity index (χ3v) is 4.00. The molecule has 0 saturated carbocycles. The third kappa shape index (κ3) is 9.91. The Morgan fingerprint density at radius 2 is 1.45 bits per heavy atom. The minimum Gasteiger partial charge on any atom is -0.459 e. The maximum absolute atomic E-state index is 12.6. The number of carbonyl (C=O) groups excluding carboxylic acids is 3. The van der Waals surface area contributed by atoms with Gasteiger partial charge in [-0.1, -0.05) is 60.7 Å². The molecular weight excluding hydrogens is 398 g/mol. The lowest BCUT2D eigenvalue weighted by Gasteiger charge is -2.20. The van der Waals surface area contributed by atoms with Crippen LogP contribution in [0.1, 0.15) is 31.9 Å². The number of hydrogen-bond acceptors (Lipinski definition) is 6. The van der Waals surface area contributed by atoms with Crippen molar-refractivity contribution >= 4 is 17.8 Å². The van der Waals surface area contributed by atoms with Crippen molar-refractivity contribution in [2.45, 2.75) is 45.4 Å². The predicted octanol–water partition coefficient (Wildman–Crippen LogP) is 2.82. The molecule has 0 aliphatic heterocycles. The predicted molar refractivity (Wildman–Crippen MR) is 115 cm³/mol. The number of rotatable bonds is 10. The lowest BCUT2D eigenvalue weighted by atomic mass is 10.1. The zero-order valence-corrected chi connectivity index (χ0v) is 18.1. The molecule has 166 valence electrons. The van der Waals surface area contributed by atoms with Gasteiger partial charge in [-0.3, -0.25) is 4.79 Å². The number of nitrogens with one attached hydrogen (secondary N) is 1. The molecule has 1 N–H and O–H groups in total. The molecule has 0 spiro atoms. The van der Waals surface area contributed by atoms with Gasteiger partial charge in [-0.25, -0.2) is 9.59 Å². The Hall–Kier alpha value is -3.19. The first-order valence-electron chi connectivity index (χ1n) is 10.1. The van der Waals surface area contributed by atoms with Gasteiger partial charge >= 0.3 is 11.9 Å². The molecule has 7 heteroatoms. The third-order valence-electron chi connectivity index (χ3n) is 4.00. The van der Waals surface area contributed by atoms with Crippen molar-refractivity contribution in [3.05, 3.63) is 71.8 Å². The quantitative estimate of drug-likeness (QED) is 0.587. The van der Waals surface area contributed by atoms with Crippen LogP contribution in [0.3, 0.4) is 0 Å². The van der Waals surface area contributed by atoms with Crippen LogP contribution < -0.4 is 5.32 Å². The molecule has 1 amide bonds. The first kappa shape index (κ1) is 24.1. The largest absolute Gasteiger partial charge is 0.459 e. The number of carbonyl (C=O) groups is 3. The van der Waals surface area contributed by atoms with Gasteiger partial charge in [0.05, 0.1) is 0 Å². The summed E-state index contributed by atoms with van der Waals surface area (Å²) in [5, 5.41) is 2.63. The van der Waals surface area contributed by atoms with E-state index in [1.54, 1.807) is 20.8 Å². The molecule has 0 saturated heterocycles. The molecule has 2 aromatic carbocycles. The summed E-state index contributed by atoms with van der Waals surface area (Å²) in [6, 6.07) is 17.7. The fourth-order valence-electron chi connectivity index (χ4n) is 2.71. The Balaban J connectivity index is 1.90. The Kier molecular flexibility index (Phi) is 9.21. The highest BCUT2D eigenvalue weighted by Gasteiger charge is 2.23. The van der Waals surface area contributed by atoms with E-state index in [9.17, 15) is 14.4 Å². The molecular formula is C24H29NO6. The maximum atomic E-state index is 12.6. The molecule has 0 aliphatic carbocycles. The van der Waals surface area contributed by atoms with Crippen molar-refractivity contribution in [1.29, 1.82) is 0 Å². The topological polar surface area (TPSA) is 90.9 Å². The molecule has 0 aromatic heterocycles. The van der Waals surface area contributed by atoms with Crippen molar-refractivity contribution in [3.63, 3.8) is 0 Å². The lowest BCUT2D eigenvalue weighted by molar-refractivity contribution is -0.161. The highest BCUT2D eigenvalue weighted by Crippen LogP contribution is 2.08. The highest BCUT2D eigenvalue weighted by molar-refractivity contribution is 5.85. The molecule has 0 aliphatic rings. The standard InChI is InChI=1S/C24H29NO6/c1-24(2,3)31-22(27)17-29-16-21(26)25-20(14-18-10-6-4-7-11-18)23(28)30-15-19-12-8-5-9-13-19/h4-13,20H,14-17H2,1-3H3,(H,25,26)/t20-/m0/s1. The molecule has 0 unspecified atom stereocenters. The molecule has 31 heavy (non-hydrogen) atoms. The van der Waals surface area contributed by atoms with E-state index in [1.807, 2.05) is 60.7 Å². The van der Waals surface area contributed by atoms with Crippen LogP contribution in [0.4, 0.5) is 0 Å². The average molecular weight is 427 g/mol. The number of esters is 2. The van der Waals surface area contributed by atoms with Gasteiger partial charge < -0.3 is 19.5 Å². The molecule has 0 bridgehead atoms. The second kappa shape index (κ2) is 11.9. The van der Waals surface area contributed by atoms with Crippen molar-refractivity contribution in [3.8, 4) is 0 Å². The average Bonchev–Trinajstić information content (AvgIpc) is 2.71. The Bertz CT molecular complexity index is 845. The van der Waals surface area contributed by atoms with E-state index in [2.05, 4.69) is 5.32 Å². The SMILES string of the molecule is CC(C)(C)OC(=O)COCC(=O)N[C@@H](Cc1ccccc1)C(=O)OCc1ccccc1. The van der Waals surface area contributed by atoms with Gasteiger partial charge in [-0.05, 0) is 31.9 Å². The number of amides is 1. The van der Waals surface area contributed by atoms with Crippen LogP contribution in [0.15, 0.2) is 60.7 Å². The van der Waals surface area contributed by atoms with Gasteiger partial charge in [0.15, 0.2) is 0 Å². The molecule has 2 rings (SSSR count). The van der Waals surface area contributed by atoms with Crippen LogP contribution in [0.25, 0.3) is 0 Å². The first-order valence-corrected chi connectivity index (χ1v) is 10.1. The van der Waals surface area contributed by atoms with Crippen molar-refractivity contribution < 1.29 is 28.6 Å². The van der Waals surface area contributed by atoms with E-state index in [0.29, 0.717) is 0 Å². The van der Waals surface area contributed by atoms with Gasteiger partial charge in [-0.2, -0.15) is 0 Å². The summed E-state index contributed by atoms with van der Waals surface area (Å²) >= 11 is 0. The van der Waals surface area contributed by atoms with Crippen molar-refractivity contribution in [2.24, 2.45) is 0 Å². The highest BCUT2D eigenvalue weighted by atomic mass is 16.6. The summed E-state index contributed by atoms with van der Waals surface area (Å²) in [6.45, 7) is 4.60. The maximum Gasteiger partial charge on any atom is 0.332 e. The normalized spacial score (nSPS) is 12.0. The van der Waals surface area contributed by atoms with Crippen LogP contribution in [-0.4, -0.2) is 42.7 Å². The van der Waals surface area contributed by atoms with Gasteiger partial charge in [0.2, 0.25) is 5.91 Å². The van der Waals surface area contributed by atoms with Gasteiger partial charge in [0.25, 0.3) is 0 Å². The fraction of sp³-hybridized carbons (Fsp3) is 0.375. The van der Waals surface area contributed by atoms with Gasteiger partial charge in [-0.15, -0.1) is 0 Å². The van der Waals surface area contributed by atoms with E-state index in [4.69, 9.17) is 14.2 Å². The van der Waals surface area contributed by atoms with Crippen molar-refractivity contribution in [1.82, 2.24) is 5.32 Å². The monoisotopic (exact) mass is 427 g/mol. The Morgan fingerprint density at radius 3 is 2.03 bits per heavy atom. The minimum atomic E-state index is -0.885. The summed E-state index contributed by atoms with van der Waals surface area (Å²) in [7, 11) is 0. The second-order valence-corrected chi connectivity index (χ2v) is 7.98. The lowest BCUT2D eigenvalue weighted by Crippen LogP contribution is -2.45. The first-order chi connectivity index (χ1) is 14.7. The number of hydrogen-bond donors (Lipinski definition) is 1. The van der Waals surface area contributed by atoms with Crippen LogP contribution in [0.5, 0.6) is 0 Å². The van der Waals surface area contributed by atoms with E-state index in [0.717, 1.165) is 11.1 Å². The summed E-state index contributed by atoms with van der Waals surface area (Å²) in [4.78, 5) is 36.6. The van der Waals surface area contributed by atoms with E-state index < -0.39 is 29.5 Å². The summed E-state index contributed by atoms with van der Waals surface area (Å²) < 4.78 is 15.6. The smallest absolute Gasteiger partial charge is 0.332 e. The number of ether oxygens (including phenoxy) is 3. The molecule has 0 heterocycles. The van der Waals surface area contributed by atoms with E-state index in [1.165, 1.54) is 0 Å². The van der Waals surface area contributed by atoms with Gasteiger partial charge in [0, 0.05) is 6.42 Å².